The molecule has 2 N–H and O–H groups in total. The van der Waals surface area contributed by atoms with Crippen molar-refractivity contribution in [2.24, 2.45) is 5.73 Å². The van der Waals surface area contributed by atoms with E-state index in [4.69, 9.17) is 5.73 Å². The maximum absolute atomic E-state index is 10.6. The number of hydrogen-bond donors (Lipinski definition) is 1. The Morgan fingerprint density at radius 3 is 2.71 bits per heavy atom. The predicted octanol–water partition coefficient (Wildman–Crippen LogP) is 1.73. The van der Waals surface area contributed by atoms with Crippen molar-refractivity contribution in [3.63, 3.8) is 0 Å². The van der Waals surface area contributed by atoms with Crippen LogP contribution in [0.1, 0.15) is 24.0 Å². The minimum Gasteiger partial charge on any atom is -0.370 e. The molecule has 1 aliphatic heterocycles. The molecule has 0 aliphatic carbocycles. The second kappa shape index (κ2) is 6.62. The van der Waals surface area contributed by atoms with E-state index >= 15 is 0 Å². The average Bonchev–Trinajstić information content (AvgIpc) is 2.28. The van der Waals surface area contributed by atoms with Gasteiger partial charge in [0.05, 0.1) is 0 Å². The lowest BCUT2D eigenvalue weighted by Crippen LogP contribution is -2.31. The summed E-state index contributed by atoms with van der Waals surface area (Å²) in [6.45, 7) is 3.07. The Kier molecular flexibility index (Phi) is 5.45. The molecule has 0 saturated carbocycles. The number of nitrogens with two attached hydrogens (primary N) is 1. The minimum atomic E-state index is -0.197. The molecular weight excluding hydrogens is 236 g/mol. The number of carbonyl (C=O) groups is 1. The fraction of sp³-hybridized carbons (Fsp3) is 0.462. The van der Waals surface area contributed by atoms with Gasteiger partial charge in [0.1, 0.15) is 0 Å². The summed E-state index contributed by atoms with van der Waals surface area (Å²) in [7, 11) is 0. The monoisotopic (exact) mass is 254 g/mol. The van der Waals surface area contributed by atoms with Gasteiger partial charge < -0.3 is 5.73 Å². The molecule has 94 valence electrons. The van der Waals surface area contributed by atoms with E-state index in [0.29, 0.717) is 6.42 Å². The van der Waals surface area contributed by atoms with Crippen LogP contribution in [0, 0.1) is 0 Å². The van der Waals surface area contributed by atoms with Crippen molar-refractivity contribution < 1.29 is 4.79 Å². The molecule has 0 atom stereocenters. The molecule has 0 aromatic heterocycles. The fourth-order valence-electron chi connectivity index (χ4n) is 2.22. The van der Waals surface area contributed by atoms with E-state index in [1.165, 1.54) is 11.1 Å². The number of fused-ring (bicyclic) bond motifs is 1. The molecular formula is C13H19ClN2O. The Balaban J connectivity index is 0.00000144. The molecule has 1 aliphatic rings. The molecule has 0 fully saturated rings. The van der Waals surface area contributed by atoms with Gasteiger partial charge in [0, 0.05) is 19.5 Å². The van der Waals surface area contributed by atoms with Crippen LogP contribution in [0.4, 0.5) is 0 Å². The lowest BCUT2D eigenvalue weighted by atomic mass is 10.00. The third-order valence-electron chi connectivity index (χ3n) is 3.11. The van der Waals surface area contributed by atoms with Crippen LogP contribution in [0.5, 0.6) is 0 Å². The first kappa shape index (κ1) is 14.0. The summed E-state index contributed by atoms with van der Waals surface area (Å²) in [6, 6.07) is 8.58. The molecule has 1 heterocycles. The van der Waals surface area contributed by atoms with Crippen LogP contribution in [0.3, 0.4) is 0 Å². The number of primary amides is 1. The molecule has 1 aromatic carbocycles. The van der Waals surface area contributed by atoms with Gasteiger partial charge in [-0.05, 0) is 30.5 Å². The molecule has 3 nitrogen and oxygen atoms in total. The summed E-state index contributed by atoms with van der Waals surface area (Å²) in [4.78, 5) is 13.0. The van der Waals surface area contributed by atoms with E-state index in [1.54, 1.807) is 0 Å². The van der Waals surface area contributed by atoms with Crippen LogP contribution < -0.4 is 5.73 Å². The van der Waals surface area contributed by atoms with Crippen LogP contribution >= 0.6 is 12.4 Å². The molecule has 0 unspecified atom stereocenters. The van der Waals surface area contributed by atoms with Crippen molar-refractivity contribution in [1.29, 1.82) is 0 Å². The smallest absolute Gasteiger partial charge is 0.217 e. The summed E-state index contributed by atoms with van der Waals surface area (Å²) < 4.78 is 0. The third-order valence-corrected chi connectivity index (χ3v) is 3.11. The lowest BCUT2D eigenvalue weighted by Gasteiger charge is -2.28. The maximum atomic E-state index is 10.6. The number of halogens is 1. The number of amides is 1. The zero-order valence-electron chi connectivity index (χ0n) is 9.89. The first-order valence-electron chi connectivity index (χ1n) is 5.83. The Morgan fingerprint density at radius 1 is 1.29 bits per heavy atom. The largest absolute Gasteiger partial charge is 0.370 e. The second-order valence-corrected chi connectivity index (χ2v) is 4.36. The van der Waals surface area contributed by atoms with Crippen LogP contribution in [-0.4, -0.2) is 23.9 Å². The molecule has 4 heteroatoms. The SMILES string of the molecule is Cl.NC(=O)CCCN1CCc2ccccc2C1. The van der Waals surface area contributed by atoms with Gasteiger partial charge in [0.15, 0.2) is 0 Å². The standard InChI is InChI=1S/C13H18N2O.ClH/c14-13(16)6-3-8-15-9-7-11-4-1-2-5-12(11)10-15;/h1-2,4-5H,3,6-10H2,(H2,14,16);1H. The third kappa shape index (κ3) is 4.02. The van der Waals surface area contributed by atoms with Crippen molar-refractivity contribution in [3.8, 4) is 0 Å². The molecule has 1 amide bonds. The quantitative estimate of drug-likeness (QED) is 0.890. The highest BCUT2D eigenvalue weighted by Gasteiger charge is 2.14. The summed E-state index contributed by atoms with van der Waals surface area (Å²) in [6.07, 6.45) is 2.49. The van der Waals surface area contributed by atoms with Gasteiger partial charge in [0.25, 0.3) is 0 Å². The van der Waals surface area contributed by atoms with E-state index in [1.807, 2.05) is 0 Å². The van der Waals surface area contributed by atoms with Crippen molar-refractivity contribution in [2.45, 2.75) is 25.8 Å². The van der Waals surface area contributed by atoms with Gasteiger partial charge in [-0.1, -0.05) is 24.3 Å². The first-order valence-corrected chi connectivity index (χ1v) is 5.83. The fourth-order valence-corrected chi connectivity index (χ4v) is 2.22. The van der Waals surface area contributed by atoms with Gasteiger partial charge in [-0.2, -0.15) is 0 Å². The van der Waals surface area contributed by atoms with Crippen molar-refractivity contribution in [2.75, 3.05) is 13.1 Å². The molecule has 0 saturated heterocycles. The van der Waals surface area contributed by atoms with Crippen LogP contribution in [0.15, 0.2) is 24.3 Å². The second-order valence-electron chi connectivity index (χ2n) is 4.36. The molecule has 1 aromatic rings. The van der Waals surface area contributed by atoms with Crippen molar-refractivity contribution >= 4 is 18.3 Å². The van der Waals surface area contributed by atoms with Crippen molar-refractivity contribution in [3.05, 3.63) is 35.4 Å². The van der Waals surface area contributed by atoms with E-state index in [2.05, 4.69) is 29.2 Å². The molecule has 2 rings (SSSR count). The summed E-state index contributed by atoms with van der Waals surface area (Å²) in [5, 5.41) is 0. The van der Waals surface area contributed by atoms with E-state index in [0.717, 1.165) is 32.5 Å². The van der Waals surface area contributed by atoms with Gasteiger partial charge in [-0.25, -0.2) is 0 Å². The Labute approximate surface area is 108 Å². The van der Waals surface area contributed by atoms with Gasteiger partial charge in [-0.3, -0.25) is 9.69 Å². The number of hydrogen-bond acceptors (Lipinski definition) is 2. The van der Waals surface area contributed by atoms with E-state index in [-0.39, 0.29) is 18.3 Å². The summed E-state index contributed by atoms with van der Waals surface area (Å²) in [5.41, 5.74) is 8.02. The zero-order valence-corrected chi connectivity index (χ0v) is 10.7. The minimum absolute atomic E-state index is 0. The average molecular weight is 255 g/mol. The Hall–Kier alpha value is -1.06. The topological polar surface area (TPSA) is 46.3 Å². The van der Waals surface area contributed by atoms with Crippen LogP contribution in [0.25, 0.3) is 0 Å². The maximum Gasteiger partial charge on any atom is 0.217 e. The molecule has 0 spiro atoms. The Bertz CT molecular complexity index is 381. The van der Waals surface area contributed by atoms with Crippen LogP contribution in [0.2, 0.25) is 0 Å². The van der Waals surface area contributed by atoms with E-state index < -0.39 is 0 Å². The zero-order chi connectivity index (χ0) is 11.4. The highest BCUT2D eigenvalue weighted by Crippen LogP contribution is 2.18. The summed E-state index contributed by atoms with van der Waals surface area (Å²) in [5.74, 6) is -0.197. The number of rotatable bonds is 4. The predicted molar refractivity (Wildman–Crippen MR) is 71.1 cm³/mol. The number of carbonyl (C=O) groups excluding carboxylic acids is 1. The molecule has 0 bridgehead atoms. The summed E-state index contributed by atoms with van der Waals surface area (Å²) >= 11 is 0. The lowest BCUT2D eigenvalue weighted by molar-refractivity contribution is -0.118. The first-order chi connectivity index (χ1) is 7.75. The van der Waals surface area contributed by atoms with Gasteiger partial charge >= 0.3 is 0 Å². The van der Waals surface area contributed by atoms with Gasteiger partial charge in [0.2, 0.25) is 5.91 Å². The highest BCUT2D eigenvalue weighted by molar-refractivity contribution is 5.85. The van der Waals surface area contributed by atoms with Crippen LogP contribution in [-0.2, 0) is 17.8 Å². The Morgan fingerprint density at radius 2 is 2.00 bits per heavy atom. The molecule has 0 radical (unpaired) electrons. The number of nitrogens with zero attached hydrogens (tertiary/aromatic N) is 1. The van der Waals surface area contributed by atoms with Gasteiger partial charge in [-0.15, -0.1) is 12.4 Å². The normalized spacial score (nSPS) is 14.8. The number of benzene rings is 1. The van der Waals surface area contributed by atoms with Crippen molar-refractivity contribution in [1.82, 2.24) is 4.90 Å². The molecule has 17 heavy (non-hydrogen) atoms. The highest BCUT2D eigenvalue weighted by atomic mass is 35.5. The van der Waals surface area contributed by atoms with E-state index in [9.17, 15) is 4.79 Å².